The second-order valence-corrected chi connectivity index (χ2v) is 3.68. The van der Waals surface area contributed by atoms with E-state index in [9.17, 15) is 9.59 Å². The van der Waals surface area contributed by atoms with Gasteiger partial charge in [0.2, 0.25) is 0 Å². The molecule has 0 aliphatic carbocycles. The molecule has 5 heteroatoms. The summed E-state index contributed by atoms with van der Waals surface area (Å²) >= 11 is 0. The van der Waals surface area contributed by atoms with Gasteiger partial charge in [0.15, 0.2) is 0 Å². The number of nitrogens with two attached hydrogens (primary N) is 1. The van der Waals surface area contributed by atoms with E-state index in [0.29, 0.717) is 6.54 Å². The Labute approximate surface area is 105 Å². The van der Waals surface area contributed by atoms with Crippen molar-refractivity contribution in [3.05, 3.63) is 41.0 Å². The van der Waals surface area contributed by atoms with Crippen molar-refractivity contribution in [3.8, 4) is 0 Å². The molecule has 1 rings (SSSR count). The largest absolute Gasteiger partial charge is 0.481 e. The Bertz CT molecular complexity index is 462. The van der Waals surface area contributed by atoms with E-state index >= 15 is 0 Å². The van der Waals surface area contributed by atoms with Gasteiger partial charge < -0.3 is 15.6 Å². The van der Waals surface area contributed by atoms with Crippen LogP contribution in [0.1, 0.15) is 17.5 Å². The van der Waals surface area contributed by atoms with Crippen molar-refractivity contribution in [2.24, 2.45) is 5.73 Å². The highest BCUT2D eigenvalue weighted by molar-refractivity contribution is 5.97. The number of carbonyl (C=O) groups is 2. The quantitative estimate of drug-likeness (QED) is 0.604. The number of benzene rings is 1. The van der Waals surface area contributed by atoms with Crippen LogP contribution in [-0.2, 0) is 20.9 Å². The van der Waals surface area contributed by atoms with Crippen molar-refractivity contribution in [3.63, 3.8) is 0 Å². The molecule has 0 aromatic heterocycles. The first kappa shape index (κ1) is 13.9. The molecule has 0 heterocycles. The van der Waals surface area contributed by atoms with Gasteiger partial charge >= 0.3 is 11.9 Å². The highest BCUT2D eigenvalue weighted by atomic mass is 16.5. The van der Waals surface area contributed by atoms with Gasteiger partial charge in [-0.15, -0.1) is 0 Å². The molecule has 0 saturated heterocycles. The van der Waals surface area contributed by atoms with Crippen LogP contribution in [0.3, 0.4) is 0 Å². The lowest BCUT2D eigenvalue weighted by atomic mass is 10.1. The second-order valence-electron chi connectivity index (χ2n) is 3.68. The van der Waals surface area contributed by atoms with Crippen LogP contribution in [-0.4, -0.2) is 24.2 Å². The molecule has 0 radical (unpaired) electrons. The normalized spacial score (nSPS) is 11.1. The summed E-state index contributed by atoms with van der Waals surface area (Å²) < 4.78 is 4.54. The first-order chi connectivity index (χ1) is 8.56. The van der Waals surface area contributed by atoms with Crippen LogP contribution in [0.5, 0.6) is 0 Å². The lowest BCUT2D eigenvalue weighted by Gasteiger charge is -2.03. The molecule has 0 aliphatic rings. The van der Waals surface area contributed by atoms with Gasteiger partial charge in [0, 0.05) is 12.1 Å². The van der Waals surface area contributed by atoms with Gasteiger partial charge in [-0.3, -0.25) is 4.79 Å². The number of carboxylic acids is 1. The maximum absolute atomic E-state index is 11.4. The monoisotopic (exact) mass is 249 g/mol. The molecule has 0 amide bonds. The molecule has 3 N–H and O–H groups in total. The Hall–Kier alpha value is -2.14. The number of methoxy groups -OCH3 is 1. The van der Waals surface area contributed by atoms with E-state index < -0.39 is 11.9 Å². The minimum atomic E-state index is -1.08. The topological polar surface area (TPSA) is 89.6 Å². The summed E-state index contributed by atoms with van der Waals surface area (Å²) in [6.07, 6.45) is 1.13. The number of esters is 1. The molecule has 0 aliphatic heterocycles. The summed E-state index contributed by atoms with van der Waals surface area (Å²) in [6.45, 7) is 0.434. The van der Waals surface area contributed by atoms with E-state index in [1.165, 1.54) is 13.2 Å². The third-order valence-electron chi connectivity index (χ3n) is 2.35. The van der Waals surface area contributed by atoms with Crippen molar-refractivity contribution in [1.82, 2.24) is 0 Å². The molecular formula is C13H15NO4. The van der Waals surface area contributed by atoms with Gasteiger partial charge in [0.25, 0.3) is 0 Å². The van der Waals surface area contributed by atoms with E-state index in [-0.39, 0.29) is 12.0 Å². The zero-order valence-corrected chi connectivity index (χ0v) is 10.1. The van der Waals surface area contributed by atoms with Gasteiger partial charge in [0.1, 0.15) is 0 Å². The Morgan fingerprint density at radius 3 is 2.39 bits per heavy atom. The highest BCUT2D eigenvalue weighted by Gasteiger charge is 2.13. The van der Waals surface area contributed by atoms with Crippen LogP contribution in [0.25, 0.3) is 6.08 Å². The van der Waals surface area contributed by atoms with Crippen LogP contribution in [0, 0.1) is 0 Å². The summed E-state index contributed by atoms with van der Waals surface area (Å²) in [4.78, 5) is 22.1. The number of ether oxygens (including phenoxy) is 1. The molecule has 0 fully saturated rings. The van der Waals surface area contributed by atoms with Gasteiger partial charge in [-0.1, -0.05) is 24.3 Å². The number of carbonyl (C=O) groups excluding carboxylic acids is 1. The molecule has 96 valence electrons. The number of carboxylic acid groups (broad SMARTS) is 1. The Morgan fingerprint density at radius 1 is 1.33 bits per heavy atom. The average Bonchev–Trinajstić information content (AvgIpc) is 2.37. The minimum absolute atomic E-state index is 0.102. The molecule has 1 aromatic rings. The Balaban J connectivity index is 2.98. The van der Waals surface area contributed by atoms with E-state index in [4.69, 9.17) is 10.8 Å². The number of hydrogen-bond acceptors (Lipinski definition) is 4. The SMILES string of the molecule is COC(=O)C(=Cc1ccc(CN)cc1)CC(=O)O. The smallest absolute Gasteiger partial charge is 0.334 e. The molecule has 0 unspecified atom stereocenters. The summed E-state index contributed by atoms with van der Waals surface area (Å²) in [5.74, 6) is -1.72. The minimum Gasteiger partial charge on any atom is -0.481 e. The van der Waals surface area contributed by atoms with E-state index in [1.807, 2.05) is 12.1 Å². The van der Waals surface area contributed by atoms with Crippen LogP contribution in [0.4, 0.5) is 0 Å². The third-order valence-corrected chi connectivity index (χ3v) is 2.35. The van der Waals surface area contributed by atoms with Gasteiger partial charge in [0.05, 0.1) is 13.5 Å². The lowest BCUT2D eigenvalue weighted by Crippen LogP contribution is -2.09. The molecular weight excluding hydrogens is 234 g/mol. The second kappa shape index (κ2) is 6.56. The first-order valence-electron chi connectivity index (χ1n) is 5.36. The van der Waals surface area contributed by atoms with E-state index in [2.05, 4.69) is 4.74 Å². The number of hydrogen-bond donors (Lipinski definition) is 2. The van der Waals surface area contributed by atoms with Gasteiger partial charge in [-0.05, 0) is 17.2 Å². The molecule has 18 heavy (non-hydrogen) atoms. The Kier molecular flexibility index (Phi) is 5.07. The third kappa shape index (κ3) is 4.03. The predicted octanol–water partition coefficient (Wildman–Crippen LogP) is 1.18. The van der Waals surface area contributed by atoms with Crippen molar-refractivity contribution in [1.29, 1.82) is 0 Å². The lowest BCUT2D eigenvalue weighted by molar-refractivity contribution is -0.141. The molecule has 0 saturated carbocycles. The standard InChI is InChI=1S/C13H15NO4/c1-18-13(17)11(7-12(15)16)6-9-2-4-10(8-14)5-3-9/h2-6H,7-8,14H2,1H3,(H,15,16). The molecule has 0 atom stereocenters. The summed E-state index contributed by atoms with van der Waals surface area (Å²) in [7, 11) is 1.22. The maximum Gasteiger partial charge on any atom is 0.334 e. The molecule has 0 spiro atoms. The van der Waals surface area contributed by atoms with Crippen LogP contribution in [0.2, 0.25) is 0 Å². The summed E-state index contributed by atoms with van der Waals surface area (Å²) in [6, 6.07) is 7.18. The van der Waals surface area contributed by atoms with Crippen molar-refractivity contribution >= 4 is 18.0 Å². The molecule has 5 nitrogen and oxygen atoms in total. The maximum atomic E-state index is 11.4. The zero-order chi connectivity index (χ0) is 13.5. The number of aliphatic carboxylic acids is 1. The van der Waals surface area contributed by atoms with E-state index in [1.54, 1.807) is 12.1 Å². The fourth-order valence-electron chi connectivity index (χ4n) is 1.43. The van der Waals surface area contributed by atoms with Crippen molar-refractivity contribution in [2.45, 2.75) is 13.0 Å². The summed E-state index contributed by atoms with van der Waals surface area (Å²) in [5.41, 5.74) is 7.27. The van der Waals surface area contributed by atoms with Gasteiger partial charge in [-0.2, -0.15) is 0 Å². The average molecular weight is 249 g/mol. The summed E-state index contributed by atoms with van der Waals surface area (Å²) in [5, 5.41) is 8.72. The molecule has 0 bridgehead atoms. The Morgan fingerprint density at radius 2 is 1.94 bits per heavy atom. The fraction of sp³-hybridized carbons (Fsp3) is 0.231. The number of rotatable bonds is 5. The predicted molar refractivity (Wildman–Crippen MR) is 66.6 cm³/mol. The van der Waals surface area contributed by atoms with Crippen molar-refractivity contribution in [2.75, 3.05) is 7.11 Å². The zero-order valence-electron chi connectivity index (χ0n) is 10.1. The first-order valence-corrected chi connectivity index (χ1v) is 5.36. The highest BCUT2D eigenvalue weighted by Crippen LogP contribution is 2.12. The van der Waals surface area contributed by atoms with E-state index in [0.717, 1.165) is 11.1 Å². The molecule has 1 aromatic carbocycles. The van der Waals surface area contributed by atoms with Gasteiger partial charge in [-0.25, -0.2) is 4.79 Å². The van der Waals surface area contributed by atoms with Crippen molar-refractivity contribution < 1.29 is 19.4 Å². The van der Waals surface area contributed by atoms with Crippen LogP contribution < -0.4 is 5.73 Å². The van der Waals surface area contributed by atoms with Crippen LogP contribution in [0.15, 0.2) is 29.8 Å². The fourth-order valence-corrected chi connectivity index (χ4v) is 1.43. The van der Waals surface area contributed by atoms with Crippen LogP contribution >= 0.6 is 0 Å².